The van der Waals surface area contributed by atoms with Crippen LogP contribution in [0.5, 0.6) is 5.75 Å². The van der Waals surface area contributed by atoms with Gasteiger partial charge in [-0.2, -0.15) is 0 Å². The van der Waals surface area contributed by atoms with Gasteiger partial charge < -0.3 is 19.4 Å². The number of fused-ring (bicyclic) bond motifs is 1. The molecule has 4 rings (SSSR count). The van der Waals surface area contributed by atoms with Crippen molar-refractivity contribution in [2.24, 2.45) is 0 Å². The zero-order valence-corrected chi connectivity index (χ0v) is 15.0. The maximum Gasteiger partial charge on any atom is 0.258 e. The predicted molar refractivity (Wildman–Crippen MR) is 104 cm³/mol. The highest BCUT2D eigenvalue weighted by molar-refractivity contribution is 5.77. The first-order valence-corrected chi connectivity index (χ1v) is 9.14. The minimum atomic E-state index is -0.150. The third-order valence-electron chi connectivity index (χ3n) is 4.78. The number of para-hydroxylation sites is 2. The Hall–Kier alpha value is -3.21. The van der Waals surface area contributed by atoms with Gasteiger partial charge in [0, 0.05) is 18.8 Å². The minimum Gasteiger partial charge on any atom is -0.484 e. The second-order valence-corrected chi connectivity index (χ2v) is 6.51. The van der Waals surface area contributed by atoms with Crippen LogP contribution >= 0.6 is 0 Å². The van der Waals surface area contributed by atoms with Gasteiger partial charge in [0.1, 0.15) is 17.6 Å². The molecule has 5 nitrogen and oxygen atoms in total. The maximum absolute atomic E-state index is 12.3. The van der Waals surface area contributed by atoms with Crippen LogP contribution in [0.3, 0.4) is 0 Å². The Kier molecular flexibility index (Phi) is 5.10. The largest absolute Gasteiger partial charge is 0.484 e. The van der Waals surface area contributed by atoms with Crippen molar-refractivity contribution in [2.45, 2.75) is 12.5 Å². The number of carbonyl (C=O) groups is 1. The Bertz CT molecular complexity index is 878. The Morgan fingerprint density at radius 1 is 1.07 bits per heavy atom. The molecule has 2 heterocycles. The molecule has 0 unspecified atom stereocenters. The lowest BCUT2D eigenvalue weighted by molar-refractivity contribution is -0.123. The van der Waals surface area contributed by atoms with E-state index < -0.39 is 0 Å². The van der Waals surface area contributed by atoms with Gasteiger partial charge in [-0.05, 0) is 42.3 Å². The molecular formula is C22H22N2O3. The number of hydrogen-bond donors (Lipinski definition) is 1. The van der Waals surface area contributed by atoms with Gasteiger partial charge in [0.15, 0.2) is 6.61 Å². The first-order valence-electron chi connectivity index (χ1n) is 9.14. The number of anilines is 1. The molecule has 0 saturated carbocycles. The SMILES string of the molecule is O=C(COc1ccccc1)NC[C@H](c1ccco1)N1CCc2ccccc21. The second kappa shape index (κ2) is 7.99. The number of ether oxygens (including phenoxy) is 1. The smallest absolute Gasteiger partial charge is 0.258 e. The van der Waals surface area contributed by atoms with E-state index in [4.69, 9.17) is 9.15 Å². The normalized spacial score (nSPS) is 13.9. The van der Waals surface area contributed by atoms with Crippen molar-refractivity contribution in [3.05, 3.63) is 84.3 Å². The van der Waals surface area contributed by atoms with Gasteiger partial charge in [0.25, 0.3) is 5.91 Å². The number of furan rings is 1. The molecule has 27 heavy (non-hydrogen) atoms. The summed E-state index contributed by atoms with van der Waals surface area (Å²) >= 11 is 0. The molecule has 2 aromatic carbocycles. The van der Waals surface area contributed by atoms with Crippen molar-refractivity contribution in [1.29, 1.82) is 0 Å². The van der Waals surface area contributed by atoms with Crippen LogP contribution in [0.25, 0.3) is 0 Å². The summed E-state index contributed by atoms with van der Waals surface area (Å²) < 4.78 is 11.2. The summed E-state index contributed by atoms with van der Waals surface area (Å²) in [5, 5.41) is 2.98. The van der Waals surface area contributed by atoms with Gasteiger partial charge >= 0.3 is 0 Å². The zero-order chi connectivity index (χ0) is 18.5. The zero-order valence-electron chi connectivity index (χ0n) is 15.0. The van der Waals surface area contributed by atoms with Gasteiger partial charge in [-0.25, -0.2) is 0 Å². The van der Waals surface area contributed by atoms with Crippen molar-refractivity contribution in [3.8, 4) is 5.75 Å². The van der Waals surface area contributed by atoms with Gasteiger partial charge in [0.05, 0.1) is 6.26 Å². The van der Waals surface area contributed by atoms with E-state index in [1.807, 2.05) is 48.5 Å². The standard InChI is InChI=1S/C22H22N2O3/c25-22(16-27-18-8-2-1-3-9-18)23-15-20(21-11-6-14-26-21)24-13-12-17-7-4-5-10-19(17)24/h1-11,14,20H,12-13,15-16H2,(H,23,25)/t20-/m1/s1. The third kappa shape index (κ3) is 3.97. The molecule has 0 fully saturated rings. The van der Waals surface area contributed by atoms with E-state index in [0.29, 0.717) is 12.3 Å². The second-order valence-electron chi connectivity index (χ2n) is 6.51. The van der Waals surface area contributed by atoms with Crippen LogP contribution in [0.2, 0.25) is 0 Å². The lowest BCUT2D eigenvalue weighted by Crippen LogP contribution is -2.39. The molecule has 1 aliphatic heterocycles. The van der Waals surface area contributed by atoms with E-state index in [1.165, 1.54) is 11.3 Å². The lowest BCUT2D eigenvalue weighted by Gasteiger charge is -2.29. The molecule has 0 aliphatic carbocycles. The highest BCUT2D eigenvalue weighted by Gasteiger charge is 2.29. The monoisotopic (exact) mass is 362 g/mol. The van der Waals surface area contributed by atoms with Crippen LogP contribution in [0, 0.1) is 0 Å². The summed E-state index contributed by atoms with van der Waals surface area (Å²) in [5.74, 6) is 1.38. The summed E-state index contributed by atoms with van der Waals surface area (Å²) in [6.07, 6.45) is 2.67. The fourth-order valence-electron chi connectivity index (χ4n) is 3.46. The molecule has 1 amide bonds. The molecule has 0 bridgehead atoms. The Labute approximate surface area is 158 Å². The molecule has 5 heteroatoms. The van der Waals surface area contributed by atoms with E-state index in [0.717, 1.165) is 18.7 Å². The van der Waals surface area contributed by atoms with Crippen LogP contribution in [0.15, 0.2) is 77.4 Å². The first-order chi connectivity index (χ1) is 13.3. The molecule has 0 saturated heterocycles. The van der Waals surface area contributed by atoms with Crippen LogP contribution in [-0.4, -0.2) is 25.6 Å². The van der Waals surface area contributed by atoms with E-state index in [-0.39, 0.29) is 18.6 Å². The summed E-state index contributed by atoms with van der Waals surface area (Å²) in [6.45, 7) is 1.35. The van der Waals surface area contributed by atoms with Gasteiger partial charge in [0.2, 0.25) is 0 Å². The average Bonchev–Trinajstić information content (AvgIpc) is 3.38. The molecule has 138 valence electrons. The summed E-state index contributed by atoms with van der Waals surface area (Å²) in [4.78, 5) is 14.6. The summed E-state index contributed by atoms with van der Waals surface area (Å²) in [6, 6.07) is 21.5. The van der Waals surface area contributed by atoms with Crippen molar-refractivity contribution in [1.82, 2.24) is 5.32 Å². The molecular weight excluding hydrogens is 340 g/mol. The molecule has 1 aliphatic rings. The topological polar surface area (TPSA) is 54.7 Å². The van der Waals surface area contributed by atoms with Crippen molar-refractivity contribution in [3.63, 3.8) is 0 Å². The molecule has 0 spiro atoms. The van der Waals surface area contributed by atoms with Crippen molar-refractivity contribution < 1.29 is 13.9 Å². The highest BCUT2D eigenvalue weighted by atomic mass is 16.5. The number of nitrogens with one attached hydrogen (secondary N) is 1. The lowest BCUT2D eigenvalue weighted by atomic mass is 10.1. The quantitative estimate of drug-likeness (QED) is 0.698. The maximum atomic E-state index is 12.3. The molecule has 1 atom stereocenters. The van der Waals surface area contributed by atoms with E-state index in [9.17, 15) is 4.79 Å². The fraction of sp³-hybridized carbons (Fsp3) is 0.227. The number of rotatable bonds is 7. The molecule has 1 aromatic heterocycles. The summed E-state index contributed by atoms with van der Waals surface area (Å²) in [7, 11) is 0. The average molecular weight is 362 g/mol. The van der Waals surface area contributed by atoms with Crippen molar-refractivity contribution in [2.75, 3.05) is 24.6 Å². The van der Waals surface area contributed by atoms with Gasteiger partial charge in [-0.15, -0.1) is 0 Å². The number of carbonyl (C=O) groups excluding carboxylic acids is 1. The van der Waals surface area contributed by atoms with Gasteiger partial charge in [-0.1, -0.05) is 36.4 Å². The number of hydrogen-bond acceptors (Lipinski definition) is 4. The molecule has 1 N–H and O–H groups in total. The number of benzene rings is 2. The Morgan fingerprint density at radius 3 is 2.70 bits per heavy atom. The minimum absolute atomic E-state index is 0.00846. The van der Waals surface area contributed by atoms with Crippen LogP contribution < -0.4 is 15.0 Å². The van der Waals surface area contributed by atoms with Crippen LogP contribution in [0.1, 0.15) is 17.4 Å². The number of nitrogens with zero attached hydrogens (tertiary/aromatic N) is 1. The van der Waals surface area contributed by atoms with Crippen LogP contribution in [-0.2, 0) is 11.2 Å². The molecule has 3 aromatic rings. The van der Waals surface area contributed by atoms with E-state index in [1.54, 1.807) is 6.26 Å². The highest BCUT2D eigenvalue weighted by Crippen LogP contribution is 2.34. The predicted octanol–water partition coefficient (Wildman–Crippen LogP) is 3.58. The van der Waals surface area contributed by atoms with Crippen molar-refractivity contribution >= 4 is 11.6 Å². The number of amides is 1. The fourth-order valence-corrected chi connectivity index (χ4v) is 3.46. The first kappa shape index (κ1) is 17.2. The summed E-state index contributed by atoms with van der Waals surface area (Å²) in [5.41, 5.74) is 2.53. The Balaban J connectivity index is 1.41. The van der Waals surface area contributed by atoms with Gasteiger partial charge in [-0.3, -0.25) is 4.79 Å². The molecule has 0 radical (unpaired) electrons. The van der Waals surface area contributed by atoms with E-state index in [2.05, 4.69) is 28.4 Å². The van der Waals surface area contributed by atoms with E-state index >= 15 is 0 Å². The Morgan fingerprint density at radius 2 is 1.89 bits per heavy atom. The third-order valence-corrected chi connectivity index (χ3v) is 4.78. The van der Waals surface area contributed by atoms with Crippen LogP contribution in [0.4, 0.5) is 5.69 Å².